The van der Waals surface area contributed by atoms with E-state index in [-0.39, 0.29) is 28.9 Å². The number of carbonyl (C=O) groups is 1. The van der Waals surface area contributed by atoms with Gasteiger partial charge < -0.3 is 10.2 Å². The summed E-state index contributed by atoms with van der Waals surface area (Å²) in [5.41, 5.74) is 2.07. The molecule has 1 aliphatic rings. The molecule has 1 N–H and O–H groups in total. The molecule has 29 heavy (non-hydrogen) atoms. The fraction of sp³-hybridized carbons (Fsp3) is 0.150. The van der Waals surface area contributed by atoms with Gasteiger partial charge in [0.25, 0.3) is 5.91 Å². The summed E-state index contributed by atoms with van der Waals surface area (Å²) in [5, 5.41) is 11.1. The lowest BCUT2D eigenvalue weighted by Gasteiger charge is -2.08. The van der Waals surface area contributed by atoms with E-state index in [1.165, 1.54) is 24.3 Å². The van der Waals surface area contributed by atoms with Crippen LogP contribution in [0.1, 0.15) is 17.5 Å². The number of carbonyl (C=O) groups excluding carboxylic acids is 1. The number of halogens is 3. The topological polar surface area (TPSA) is 68.5 Å². The molecular weight excluding hydrogens is 402 g/mol. The van der Waals surface area contributed by atoms with Crippen molar-refractivity contribution in [2.24, 2.45) is 5.16 Å². The van der Waals surface area contributed by atoms with Crippen LogP contribution in [-0.2, 0) is 16.2 Å². The molecule has 1 aliphatic heterocycles. The van der Waals surface area contributed by atoms with Crippen LogP contribution in [0.2, 0.25) is 5.02 Å². The summed E-state index contributed by atoms with van der Waals surface area (Å²) >= 11 is 6.16. The molecule has 9 heteroatoms. The predicted molar refractivity (Wildman–Crippen MR) is 104 cm³/mol. The van der Waals surface area contributed by atoms with Crippen molar-refractivity contribution >= 4 is 29.0 Å². The van der Waals surface area contributed by atoms with Gasteiger partial charge in [0.1, 0.15) is 16.7 Å². The first kappa shape index (κ1) is 19.1. The molecule has 2 heterocycles. The molecule has 0 radical (unpaired) electrons. The van der Waals surface area contributed by atoms with Crippen molar-refractivity contribution < 1.29 is 18.4 Å². The minimum atomic E-state index is -0.839. The van der Waals surface area contributed by atoms with Crippen LogP contribution in [0.4, 0.5) is 14.6 Å². The molecule has 3 aromatic rings. The van der Waals surface area contributed by atoms with E-state index in [4.69, 9.17) is 16.4 Å². The van der Waals surface area contributed by atoms with Crippen LogP contribution in [0, 0.1) is 11.6 Å². The van der Waals surface area contributed by atoms with E-state index in [1.54, 1.807) is 35.1 Å². The summed E-state index contributed by atoms with van der Waals surface area (Å²) in [6.07, 6.45) is 0.968. The minimum absolute atomic E-state index is 0.192. The standard InChI is InChI=1S/C20H15ClF2N4O2/c21-16-11-27(10-12-1-5-14(22)6-2-12)25-19(16)24-20(28)18-9-17(26-29-18)13-3-7-15(23)8-4-13/h1-8,11,18H,9-10H2,(H,24,25,28). The highest BCUT2D eigenvalue weighted by Gasteiger charge is 2.30. The zero-order valence-electron chi connectivity index (χ0n) is 15.0. The highest BCUT2D eigenvalue weighted by atomic mass is 35.5. The molecule has 0 saturated heterocycles. The Kier molecular flexibility index (Phi) is 5.26. The second-order valence-corrected chi connectivity index (χ2v) is 6.89. The van der Waals surface area contributed by atoms with Gasteiger partial charge in [-0.25, -0.2) is 8.78 Å². The van der Waals surface area contributed by atoms with Gasteiger partial charge in [0.05, 0.1) is 12.3 Å². The van der Waals surface area contributed by atoms with E-state index in [2.05, 4.69) is 15.6 Å². The van der Waals surface area contributed by atoms with Crippen molar-refractivity contribution in [3.63, 3.8) is 0 Å². The summed E-state index contributed by atoms with van der Waals surface area (Å²) in [6, 6.07) is 11.8. The van der Waals surface area contributed by atoms with Gasteiger partial charge in [-0.2, -0.15) is 5.10 Å². The van der Waals surface area contributed by atoms with Crippen LogP contribution in [-0.4, -0.2) is 27.5 Å². The summed E-state index contributed by atoms with van der Waals surface area (Å²) in [5.74, 6) is -0.926. The number of amides is 1. The lowest BCUT2D eigenvalue weighted by molar-refractivity contribution is -0.125. The third kappa shape index (κ3) is 4.43. The maximum absolute atomic E-state index is 13.0. The summed E-state index contributed by atoms with van der Waals surface area (Å²) in [7, 11) is 0. The summed E-state index contributed by atoms with van der Waals surface area (Å²) in [4.78, 5) is 17.7. The first-order valence-electron chi connectivity index (χ1n) is 8.75. The van der Waals surface area contributed by atoms with Crippen LogP contribution in [0.3, 0.4) is 0 Å². The third-order valence-electron chi connectivity index (χ3n) is 4.36. The van der Waals surface area contributed by atoms with Crippen molar-refractivity contribution in [1.29, 1.82) is 0 Å². The molecule has 148 valence electrons. The lowest BCUT2D eigenvalue weighted by Crippen LogP contribution is -2.28. The number of oxime groups is 1. The van der Waals surface area contributed by atoms with Crippen LogP contribution in [0.5, 0.6) is 0 Å². The Morgan fingerprint density at radius 1 is 1.14 bits per heavy atom. The second-order valence-electron chi connectivity index (χ2n) is 6.48. The largest absolute Gasteiger partial charge is 0.382 e. The maximum Gasteiger partial charge on any atom is 0.269 e. The molecule has 4 rings (SSSR count). The smallest absolute Gasteiger partial charge is 0.269 e. The third-order valence-corrected chi connectivity index (χ3v) is 4.63. The van der Waals surface area contributed by atoms with E-state index in [0.717, 1.165) is 5.56 Å². The summed E-state index contributed by atoms with van der Waals surface area (Å²) in [6.45, 7) is 0.369. The molecule has 0 bridgehead atoms. The van der Waals surface area contributed by atoms with Crippen molar-refractivity contribution in [1.82, 2.24) is 9.78 Å². The van der Waals surface area contributed by atoms with Gasteiger partial charge in [0.2, 0.25) is 6.10 Å². The maximum atomic E-state index is 13.0. The number of rotatable bonds is 5. The van der Waals surface area contributed by atoms with E-state index in [9.17, 15) is 13.6 Å². The molecule has 2 aromatic carbocycles. The van der Waals surface area contributed by atoms with Gasteiger partial charge in [0.15, 0.2) is 5.82 Å². The number of hydrogen-bond donors (Lipinski definition) is 1. The zero-order chi connectivity index (χ0) is 20.4. The highest BCUT2D eigenvalue weighted by molar-refractivity contribution is 6.33. The number of aromatic nitrogens is 2. The zero-order valence-corrected chi connectivity index (χ0v) is 15.7. The van der Waals surface area contributed by atoms with Gasteiger partial charge in [0, 0.05) is 12.6 Å². The number of hydrogen-bond acceptors (Lipinski definition) is 4. The van der Waals surface area contributed by atoms with Gasteiger partial charge in [-0.1, -0.05) is 41.0 Å². The van der Waals surface area contributed by atoms with Gasteiger partial charge in [-0.05, 0) is 35.4 Å². The molecule has 0 saturated carbocycles. The Balaban J connectivity index is 1.38. The van der Waals surface area contributed by atoms with Crippen molar-refractivity contribution in [3.05, 3.63) is 82.5 Å². The molecule has 0 fully saturated rings. The lowest BCUT2D eigenvalue weighted by atomic mass is 10.0. The number of anilines is 1. The Morgan fingerprint density at radius 2 is 1.79 bits per heavy atom. The summed E-state index contributed by atoms with van der Waals surface area (Å²) < 4.78 is 27.6. The first-order chi connectivity index (χ1) is 14.0. The van der Waals surface area contributed by atoms with Gasteiger partial charge in [-0.15, -0.1) is 0 Å². The fourth-order valence-corrected chi connectivity index (χ4v) is 3.07. The second kappa shape index (κ2) is 8.00. The van der Waals surface area contributed by atoms with E-state index in [0.29, 0.717) is 17.8 Å². The number of benzene rings is 2. The first-order valence-corrected chi connectivity index (χ1v) is 9.12. The Hall–Kier alpha value is -3.26. The molecular formula is C20H15ClF2N4O2. The number of nitrogens with one attached hydrogen (secondary N) is 1. The molecule has 1 atom stereocenters. The molecule has 0 aliphatic carbocycles. The van der Waals surface area contributed by atoms with Gasteiger partial charge >= 0.3 is 0 Å². The molecule has 1 aromatic heterocycles. The molecule has 1 unspecified atom stereocenters. The van der Waals surface area contributed by atoms with Crippen LogP contribution in [0.25, 0.3) is 0 Å². The van der Waals surface area contributed by atoms with Gasteiger partial charge in [-0.3, -0.25) is 9.48 Å². The normalized spacial score (nSPS) is 15.7. The minimum Gasteiger partial charge on any atom is -0.382 e. The van der Waals surface area contributed by atoms with Crippen molar-refractivity contribution in [3.8, 4) is 0 Å². The monoisotopic (exact) mass is 416 g/mol. The predicted octanol–water partition coefficient (Wildman–Crippen LogP) is 3.99. The highest BCUT2D eigenvalue weighted by Crippen LogP contribution is 2.23. The quantitative estimate of drug-likeness (QED) is 0.683. The average molecular weight is 417 g/mol. The molecule has 0 spiro atoms. The van der Waals surface area contributed by atoms with Crippen molar-refractivity contribution in [2.75, 3.05) is 5.32 Å². The Bertz CT molecular complexity index is 1070. The Labute approximate surface area is 169 Å². The fourth-order valence-electron chi connectivity index (χ4n) is 2.87. The van der Waals surface area contributed by atoms with Crippen LogP contribution < -0.4 is 5.32 Å². The average Bonchev–Trinajstić information content (AvgIpc) is 3.32. The van der Waals surface area contributed by atoms with E-state index in [1.807, 2.05) is 0 Å². The van der Waals surface area contributed by atoms with Crippen LogP contribution in [0.15, 0.2) is 59.9 Å². The molecule has 6 nitrogen and oxygen atoms in total. The SMILES string of the molecule is O=C(Nc1nn(Cc2ccc(F)cc2)cc1Cl)C1CC(c2ccc(F)cc2)=NO1. The van der Waals surface area contributed by atoms with E-state index >= 15 is 0 Å². The van der Waals surface area contributed by atoms with Crippen LogP contribution >= 0.6 is 11.6 Å². The van der Waals surface area contributed by atoms with E-state index < -0.39 is 12.0 Å². The number of nitrogens with zero attached hydrogens (tertiary/aromatic N) is 3. The Morgan fingerprint density at radius 3 is 2.48 bits per heavy atom. The molecule has 1 amide bonds. The van der Waals surface area contributed by atoms with Crippen molar-refractivity contribution in [2.45, 2.75) is 19.1 Å².